The molecule has 0 aliphatic carbocycles. The van der Waals surface area contributed by atoms with E-state index in [1.54, 1.807) is 37.3 Å². The molecule has 1 saturated heterocycles. The minimum atomic E-state index is -0.0998. The highest BCUT2D eigenvalue weighted by Crippen LogP contribution is 2.25. The Hall–Kier alpha value is -1.75. The molecular formula is C16H23NO4. The van der Waals surface area contributed by atoms with Gasteiger partial charge in [0.15, 0.2) is 0 Å². The molecule has 1 amide bonds. The Bertz CT molecular complexity index is 467. The third kappa shape index (κ3) is 3.67. The van der Waals surface area contributed by atoms with Crippen LogP contribution < -0.4 is 9.47 Å². The van der Waals surface area contributed by atoms with E-state index in [9.17, 15) is 9.90 Å². The van der Waals surface area contributed by atoms with Crippen molar-refractivity contribution < 1.29 is 19.4 Å². The van der Waals surface area contributed by atoms with Crippen molar-refractivity contribution in [1.29, 1.82) is 0 Å². The van der Waals surface area contributed by atoms with Crippen LogP contribution in [-0.4, -0.2) is 49.3 Å². The van der Waals surface area contributed by atoms with Crippen LogP contribution in [0.15, 0.2) is 18.2 Å². The van der Waals surface area contributed by atoms with E-state index in [0.29, 0.717) is 23.6 Å². The number of hydrogen-bond donors (Lipinski definition) is 1. The Kier molecular flexibility index (Phi) is 5.44. The normalized spacial score (nSPS) is 19.0. The molecule has 1 unspecified atom stereocenters. The molecule has 1 fully saturated rings. The van der Waals surface area contributed by atoms with Crippen LogP contribution in [0.25, 0.3) is 0 Å². The van der Waals surface area contributed by atoms with Crippen molar-refractivity contribution in [3.8, 4) is 11.5 Å². The third-order valence-electron chi connectivity index (χ3n) is 3.95. The fourth-order valence-electron chi connectivity index (χ4n) is 2.73. The van der Waals surface area contributed by atoms with Crippen molar-refractivity contribution in [3.05, 3.63) is 23.8 Å². The minimum Gasteiger partial charge on any atom is -0.497 e. The molecule has 1 atom stereocenters. The molecule has 1 aliphatic rings. The number of methoxy groups -OCH3 is 2. The first kappa shape index (κ1) is 15.6. The van der Waals surface area contributed by atoms with Gasteiger partial charge in [-0.2, -0.15) is 0 Å². The largest absolute Gasteiger partial charge is 0.497 e. The quantitative estimate of drug-likeness (QED) is 0.923. The predicted octanol–water partition coefficient (Wildman–Crippen LogP) is 2.08. The van der Waals surface area contributed by atoms with Gasteiger partial charge in [-0.1, -0.05) is 12.8 Å². The van der Waals surface area contributed by atoms with Gasteiger partial charge >= 0.3 is 0 Å². The molecule has 5 nitrogen and oxygen atoms in total. The van der Waals surface area contributed by atoms with Gasteiger partial charge in [0.05, 0.1) is 26.9 Å². The number of carbonyl (C=O) groups is 1. The molecule has 5 heteroatoms. The smallest absolute Gasteiger partial charge is 0.254 e. The lowest BCUT2D eigenvalue weighted by atomic mass is 10.1. The Morgan fingerprint density at radius 1 is 1.19 bits per heavy atom. The molecule has 116 valence electrons. The number of ether oxygens (including phenoxy) is 2. The number of benzene rings is 1. The molecule has 1 N–H and O–H groups in total. The Labute approximate surface area is 125 Å². The molecular weight excluding hydrogens is 270 g/mol. The number of nitrogens with zero attached hydrogens (tertiary/aromatic N) is 1. The van der Waals surface area contributed by atoms with Gasteiger partial charge in [-0.3, -0.25) is 4.79 Å². The predicted molar refractivity (Wildman–Crippen MR) is 79.9 cm³/mol. The molecule has 0 spiro atoms. The Balaban J connectivity index is 2.28. The number of likely N-dealkylation sites (tertiary alicyclic amines) is 1. The average Bonchev–Trinajstić information content (AvgIpc) is 2.78. The van der Waals surface area contributed by atoms with Crippen molar-refractivity contribution in [2.75, 3.05) is 27.4 Å². The first-order chi connectivity index (χ1) is 10.2. The zero-order valence-corrected chi connectivity index (χ0v) is 12.7. The number of rotatable bonds is 4. The summed E-state index contributed by atoms with van der Waals surface area (Å²) in [5.74, 6) is 1.11. The van der Waals surface area contributed by atoms with Gasteiger partial charge in [-0.15, -0.1) is 0 Å². The highest BCUT2D eigenvalue weighted by Gasteiger charge is 2.26. The molecule has 0 aromatic heterocycles. The first-order valence-electron chi connectivity index (χ1n) is 7.34. The van der Waals surface area contributed by atoms with Crippen LogP contribution in [0.4, 0.5) is 0 Å². The molecule has 1 aromatic carbocycles. The fraction of sp³-hybridized carbons (Fsp3) is 0.562. The molecule has 0 saturated carbocycles. The summed E-state index contributed by atoms with van der Waals surface area (Å²) in [5.41, 5.74) is 0.534. The van der Waals surface area contributed by atoms with Crippen LogP contribution >= 0.6 is 0 Å². The van der Waals surface area contributed by atoms with Crippen LogP contribution in [0.5, 0.6) is 11.5 Å². The summed E-state index contributed by atoms with van der Waals surface area (Å²) in [6.45, 7) is 0.691. The van der Waals surface area contributed by atoms with E-state index in [-0.39, 0.29) is 18.6 Å². The summed E-state index contributed by atoms with van der Waals surface area (Å²) in [5, 5.41) is 9.54. The summed E-state index contributed by atoms with van der Waals surface area (Å²) in [6, 6.07) is 5.06. The van der Waals surface area contributed by atoms with Crippen LogP contribution in [0.2, 0.25) is 0 Å². The van der Waals surface area contributed by atoms with E-state index in [1.807, 2.05) is 0 Å². The van der Waals surface area contributed by atoms with Crippen LogP contribution in [0.1, 0.15) is 36.0 Å². The van der Waals surface area contributed by atoms with Crippen molar-refractivity contribution in [2.45, 2.75) is 31.7 Å². The second-order valence-electron chi connectivity index (χ2n) is 5.29. The van der Waals surface area contributed by atoms with Crippen molar-refractivity contribution in [1.82, 2.24) is 4.90 Å². The van der Waals surface area contributed by atoms with E-state index < -0.39 is 0 Å². The third-order valence-corrected chi connectivity index (χ3v) is 3.95. The van der Waals surface area contributed by atoms with Gasteiger partial charge in [-0.05, 0) is 25.0 Å². The fourth-order valence-corrected chi connectivity index (χ4v) is 2.73. The van der Waals surface area contributed by atoms with Gasteiger partial charge in [0.2, 0.25) is 0 Å². The molecule has 21 heavy (non-hydrogen) atoms. The summed E-state index contributed by atoms with van der Waals surface area (Å²) in [4.78, 5) is 14.5. The van der Waals surface area contributed by atoms with Gasteiger partial charge in [0.25, 0.3) is 5.91 Å². The van der Waals surface area contributed by atoms with E-state index in [4.69, 9.17) is 9.47 Å². The van der Waals surface area contributed by atoms with Gasteiger partial charge in [-0.25, -0.2) is 0 Å². The second kappa shape index (κ2) is 7.31. The summed E-state index contributed by atoms with van der Waals surface area (Å²) < 4.78 is 10.4. The zero-order chi connectivity index (χ0) is 15.2. The van der Waals surface area contributed by atoms with Crippen LogP contribution in [0.3, 0.4) is 0 Å². The molecule has 2 rings (SSSR count). The standard InChI is InChI=1S/C16H23NO4/c1-20-14-8-12(9-15(10-14)21-2)16(19)17-7-5-3-4-6-13(17)11-18/h8-10,13,18H,3-7,11H2,1-2H3. The summed E-state index contributed by atoms with van der Waals surface area (Å²) in [7, 11) is 3.12. The molecule has 1 aromatic rings. The minimum absolute atomic E-state index is 0.00679. The number of hydrogen-bond acceptors (Lipinski definition) is 4. The number of aliphatic hydroxyl groups is 1. The molecule has 1 heterocycles. The lowest BCUT2D eigenvalue weighted by molar-refractivity contribution is 0.0599. The van der Waals surface area contributed by atoms with E-state index >= 15 is 0 Å². The van der Waals surface area contributed by atoms with Gasteiger partial charge in [0, 0.05) is 18.2 Å². The Morgan fingerprint density at radius 3 is 2.43 bits per heavy atom. The lowest BCUT2D eigenvalue weighted by Crippen LogP contribution is -2.42. The maximum Gasteiger partial charge on any atom is 0.254 e. The molecule has 1 aliphatic heterocycles. The molecule has 0 bridgehead atoms. The van der Waals surface area contributed by atoms with Crippen LogP contribution in [0, 0.1) is 0 Å². The van der Waals surface area contributed by atoms with Gasteiger partial charge < -0.3 is 19.5 Å². The summed E-state index contributed by atoms with van der Waals surface area (Å²) >= 11 is 0. The van der Waals surface area contributed by atoms with E-state index in [1.165, 1.54) is 0 Å². The van der Waals surface area contributed by atoms with E-state index in [2.05, 4.69) is 0 Å². The number of aliphatic hydroxyl groups excluding tert-OH is 1. The maximum absolute atomic E-state index is 12.8. The zero-order valence-electron chi connectivity index (χ0n) is 12.7. The molecule has 0 radical (unpaired) electrons. The average molecular weight is 293 g/mol. The SMILES string of the molecule is COc1cc(OC)cc(C(=O)N2CCCCCC2CO)c1. The highest BCUT2D eigenvalue weighted by atomic mass is 16.5. The lowest BCUT2D eigenvalue weighted by Gasteiger charge is -2.29. The number of amides is 1. The topological polar surface area (TPSA) is 59.0 Å². The summed E-state index contributed by atoms with van der Waals surface area (Å²) in [6.07, 6.45) is 3.98. The van der Waals surface area contributed by atoms with E-state index in [0.717, 1.165) is 25.7 Å². The highest BCUT2D eigenvalue weighted by molar-refractivity contribution is 5.95. The van der Waals surface area contributed by atoms with Crippen molar-refractivity contribution >= 4 is 5.91 Å². The van der Waals surface area contributed by atoms with Gasteiger partial charge in [0.1, 0.15) is 11.5 Å². The first-order valence-corrected chi connectivity index (χ1v) is 7.34. The van der Waals surface area contributed by atoms with Crippen molar-refractivity contribution in [2.24, 2.45) is 0 Å². The maximum atomic E-state index is 12.8. The monoisotopic (exact) mass is 293 g/mol. The second-order valence-corrected chi connectivity index (χ2v) is 5.29. The van der Waals surface area contributed by atoms with Crippen molar-refractivity contribution in [3.63, 3.8) is 0 Å². The van der Waals surface area contributed by atoms with Crippen LogP contribution in [-0.2, 0) is 0 Å². The number of carbonyl (C=O) groups excluding carboxylic acids is 1. The Morgan fingerprint density at radius 2 is 1.86 bits per heavy atom.